The summed E-state index contributed by atoms with van der Waals surface area (Å²) in [6.45, 7) is 4.28. The summed E-state index contributed by atoms with van der Waals surface area (Å²) in [6, 6.07) is 15.4. The van der Waals surface area contributed by atoms with Crippen LogP contribution in [-0.2, 0) is 6.18 Å². The number of nitrogens with zero attached hydrogens (tertiary/aromatic N) is 2. The maximum absolute atomic E-state index is 13.6. The summed E-state index contributed by atoms with van der Waals surface area (Å²) in [6.07, 6.45) is 1.92. The van der Waals surface area contributed by atoms with Gasteiger partial charge in [0.1, 0.15) is 11.4 Å². The van der Waals surface area contributed by atoms with Gasteiger partial charge in [0.05, 0.1) is 0 Å². The van der Waals surface area contributed by atoms with Gasteiger partial charge in [0.2, 0.25) is 5.95 Å². The zero-order valence-corrected chi connectivity index (χ0v) is 18.9. The third-order valence-corrected chi connectivity index (χ3v) is 6.42. The van der Waals surface area contributed by atoms with Gasteiger partial charge in [-0.05, 0) is 66.5 Å². The summed E-state index contributed by atoms with van der Waals surface area (Å²) >= 11 is 0. The third-order valence-electron chi connectivity index (χ3n) is 6.42. The van der Waals surface area contributed by atoms with Gasteiger partial charge >= 0.3 is 6.18 Å². The molecule has 4 nitrogen and oxygen atoms in total. The fourth-order valence-electron chi connectivity index (χ4n) is 4.27. The summed E-state index contributed by atoms with van der Waals surface area (Å²) in [5.41, 5.74) is 2.77. The fourth-order valence-corrected chi connectivity index (χ4v) is 4.27. The Labute approximate surface area is 192 Å². The van der Waals surface area contributed by atoms with Crippen molar-refractivity contribution >= 4 is 23.1 Å². The minimum Gasteiger partial charge on any atom is -0.340 e. The predicted molar refractivity (Wildman–Crippen MR) is 126 cm³/mol. The van der Waals surface area contributed by atoms with Crippen molar-refractivity contribution in [3.8, 4) is 0 Å². The van der Waals surface area contributed by atoms with Gasteiger partial charge in [0, 0.05) is 17.6 Å². The molecule has 0 amide bonds. The first-order valence-corrected chi connectivity index (χ1v) is 11.5. The van der Waals surface area contributed by atoms with Gasteiger partial charge in [-0.1, -0.05) is 51.0 Å². The Morgan fingerprint density at radius 1 is 1.00 bits per heavy atom. The molecule has 0 aliphatic heterocycles. The molecule has 4 rings (SSSR count). The highest BCUT2D eigenvalue weighted by Gasteiger charge is 2.35. The van der Waals surface area contributed by atoms with Crippen molar-refractivity contribution < 1.29 is 13.2 Å². The first-order chi connectivity index (χ1) is 15.8. The quantitative estimate of drug-likeness (QED) is 0.378. The first-order valence-electron chi connectivity index (χ1n) is 11.5. The molecule has 1 aliphatic carbocycles. The summed E-state index contributed by atoms with van der Waals surface area (Å²) in [5, 5.41) is 5.91. The van der Waals surface area contributed by atoms with Crippen LogP contribution in [0.2, 0.25) is 0 Å². The van der Waals surface area contributed by atoms with Crippen LogP contribution in [0.25, 0.3) is 0 Å². The van der Waals surface area contributed by atoms with E-state index >= 15 is 0 Å². The van der Waals surface area contributed by atoms with E-state index in [1.54, 1.807) is 6.07 Å². The van der Waals surface area contributed by atoms with Crippen LogP contribution >= 0.6 is 0 Å². The predicted octanol–water partition coefficient (Wildman–Crippen LogP) is 8.15. The molecule has 174 valence electrons. The molecular formula is C26H29F3N4. The Morgan fingerprint density at radius 2 is 1.73 bits per heavy atom. The third kappa shape index (κ3) is 5.64. The molecular weight excluding hydrogens is 425 g/mol. The van der Waals surface area contributed by atoms with Crippen LogP contribution in [0.5, 0.6) is 0 Å². The molecule has 0 spiro atoms. The highest BCUT2D eigenvalue weighted by Crippen LogP contribution is 2.37. The van der Waals surface area contributed by atoms with Crippen molar-refractivity contribution in [1.82, 2.24) is 9.97 Å². The van der Waals surface area contributed by atoms with Gasteiger partial charge in [-0.3, -0.25) is 0 Å². The van der Waals surface area contributed by atoms with Crippen molar-refractivity contribution in [2.45, 2.75) is 64.0 Å². The molecule has 1 unspecified atom stereocenters. The smallest absolute Gasteiger partial charge is 0.340 e. The van der Waals surface area contributed by atoms with Gasteiger partial charge in [0.25, 0.3) is 0 Å². The lowest BCUT2D eigenvalue weighted by Crippen LogP contribution is -2.12. The molecule has 1 aliphatic rings. The SMILES string of the molecule is CCC(C)c1ccc(Nc2ncc(C(F)(F)F)c(Nc3cccc(C4CCCC4)c3)n2)cc1. The van der Waals surface area contributed by atoms with Gasteiger partial charge in [-0.2, -0.15) is 18.2 Å². The van der Waals surface area contributed by atoms with Gasteiger partial charge in [0.15, 0.2) is 0 Å². The maximum atomic E-state index is 13.6. The molecule has 1 fully saturated rings. The first kappa shape index (κ1) is 23.1. The average Bonchev–Trinajstić information content (AvgIpc) is 3.34. The van der Waals surface area contributed by atoms with Crippen molar-refractivity contribution in [1.29, 1.82) is 0 Å². The van der Waals surface area contributed by atoms with Crippen LogP contribution in [0, 0.1) is 0 Å². The molecule has 2 N–H and O–H groups in total. The van der Waals surface area contributed by atoms with E-state index in [0.717, 1.165) is 36.7 Å². The number of hydrogen-bond donors (Lipinski definition) is 2. The number of halogens is 3. The van der Waals surface area contributed by atoms with Crippen LogP contribution in [-0.4, -0.2) is 9.97 Å². The number of aromatic nitrogens is 2. The number of anilines is 4. The van der Waals surface area contributed by atoms with Crippen LogP contribution in [0.15, 0.2) is 54.7 Å². The summed E-state index contributed by atoms with van der Waals surface area (Å²) in [7, 11) is 0. The van der Waals surface area contributed by atoms with Crippen molar-refractivity contribution in [2.24, 2.45) is 0 Å². The number of nitrogens with one attached hydrogen (secondary N) is 2. The molecule has 2 aromatic carbocycles. The Kier molecular flexibility index (Phi) is 6.86. The fraction of sp³-hybridized carbons (Fsp3) is 0.385. The molecule has 1 aromatic heterocycles. The second-order valence-electron chi connectivity index (χ2n) is 8.74. The van der Waals surface area contributed by atoms with E-state index in [9.17, 15) is 13.2 Å². The van der Waals surface area contributed by atoms with Crippen LogP contribution < -0.4 is 10.6 Å². The molecule has 7 heteroatoms. The highest BCUT2D eigenvalue weighted by atomic mass is 19.4. The Morgan fingerprint density at radius 3 is 2.39 bits per heavy atom. The number of rotatable bonds is 7. The van der Waals surface area contributed by atoms with E-state index in [2.05, 4.69) is 34.4 Å². The van der Waals surface area contributed by atoms with E-state index in [1.807, 2.05) is 42.5 Å². The normalized spacial score (nSPS) is 15.4. The molecule has 0 saturated heterocycles. The summed E-state index contributed by atoms with van der Waals surface area (Å²) < 4.78 is 40.9. The van der Waals surface area contributed by atoms with E-state index in [4.69, 9.17) is 0 Å². The number of alkyl halides is 3. The van der Waals surface area contributed by atoms with Crippen molar-refractivity contribution in [3.63, 3.8) is 0 Å². The lowest BCUT2D eigenvalue weighted by atomic mass is 9.97. The summed E-state index contributed by atoms with van der Waals surface area (Å²) in [5.74, 6) is 0.751. The van der Waals surface area contributed by atoms with E-state index < -0.39 is 11.7 Å². The lowest BCUT2D eigenvalue weighted by molar-refractivity contribution is -0.137. The Bertz CT molecular complexity index is 1070. The molecule has 33 heavy (non-hydrogen) atoms. The monoisotopic (exact) mass is 454 g/mol. The van der Waals surface area contributed by atoms with Crippen LogP contribution in [0.3, 0.4) is 0 Å². The summed E-state index contributed by atoms with van der Waals surface area (Å²) in [4.78, 5) is 8.09. The number of benzene rings is 2. The molecule has 1 saturated carbocycles. The van der Waals surface area contributed by atoms with Crippen LogP contribution in [0.1, 0.15) is 74.5 Å². The lowest BCUT2D eigenvalue weighted by Gasteiger charge is -2.16. The minimum atomic E-state index is -4.57. The highest BCUT2D eigenvalue weighted by molar-refractivity contribution is 5.63. The molecule has 0 bridgehead atoms. The number of hydrogen-bond acceptors (Lipinski definition) is 4. The molecule has 3 aromatic rings. The largest absolute Gasteiger partial charge is 0.421 e. The van der Waals surface area contributed by atoms with Crippen molar-refractivity contribution in [2.75, 3.05) is 10.6 Å². The standard InChI is InChI=1S/C26H29F3N4/c1-3-17(2)18-11-13-21(14-12-18)32-25-30-16-23(26(27,28)29)24(33-25)31-22-10-6-9-20(15-22)19-7-4-5-8-19/h6,9-17,19H,3-5,7-8H2,1-2H3,(H2,30,31,32,33). The molecule has 0 radical (unpaired) electrons. The zero-order valence-electron chi connectivity index (χ0n) is 18.9. The Balaban J connectivity index is 1.59. The van der Waals surface area contributed by atoms with E-state index in [0.29, 0.717) is 17.5 Å². The molecule has 1 heterocycles. The zero-order chi connectivity index (χ0) is 23.4. The van der Waals surface area contributed by atoms with Gasteiger partial charge in [-0.15, -0.1) is 0 Å². The van der Waals surface area contributed by atoms with E-state index in [-0.39, 0.29) is 11.8 Å². The minimum absolute atomic E-state index is 0.105. The molecule has 1 atom stereocenters. The van der Waals surface area contributed by atoms with Gasteiger partial charge < -0.3 is 10.6 Å². The second kappa shape index (κ2) is 9.81. The van der Waals surface area contributed by atoms with Crippen molar-refractivity contribution in [3.05, 3.63) is 71.4 Å². The van der Waals surface area contributed by atoms with E-state index in [1.165, 1.54) is 18.4 Å². The Hall–Kier alpha value is -3.09. The average molecular weight is 455 g/mol. The van der Waals surface area contributed by atoms with Crippen LogP contribution in [0.4, 0.5) is 36.3 Å². The van der Waals surface area contributed by atoms with Gasteiger partial charge in [-0.25, -0.2) is 4.98 Å². The topological polar surface area (TPSA) is 49.8 Å². The maximum Gasteiger partial charge on any atom is 0.421 e. The second-order valence-corrected chi connectivity index (χ2v) is 8.74.